The van der Waals surface area contributed by atoms with E-state index in [1.807, 2.05) is 6.07 Å². The third kappa shape index (κ3) is 3.21. The molecule has 0 spiro atoms. The van der Waals surface area contributed by atoms with Crippen molar-refractivity contribution in [1.82, 2.24) is 4.90 Å². The molecule has 5 nitrogen and oxygen atoms in total. The first-order valence-electron chi connectivity index (χ1n) is 5.42. The minimum atomic E-state index is -1.03. The number of carboxylic acid groups (broad SMARTS) is 1. The standard InChI is InChI=1S/C12H13NO4/c14-11(15)8-13(9-6-7-9)12(16)17-10-4-2-1-3-5-10/h1-5,9H,6-8H2,(H,14,15). The summed E-state index contributed by atoms with van der Waals surface area (Å²) >= 11 is 0. The number of carbonyl (C=O) groups excluding carboxylic acids is 1. The highest BCUT2D eigenvalue weighted by atomic mass is 16.6. The fourth-order valence-electron chi connectivity index (χ4n) is 1.52. The average molecular weight is 235 g/mol. The van der Waals surface area contributed by atoms with Gasteiger partial charge in [-0.3, -0.25) is 9.69 Å². The normalized spacial score (nSPS) is 14.1. The van der Waals surface area contributed by atoms with Crippen molar-refractivity contribution in [2.24, 2.45) is 0 Å². The third-order valence-corrected chi connectivity index (χ3v) is 2.48. The monoisotopic (exact) mass is 235 g/mol. The summed E-state index contributed by atoms with van der Waals surface area (Å²) in [5, 5.41) is 8.73. The van der Waals surface area contributed by atoms with E-state index >= 15 is 0 Å². The van der Waals surface area contributed by atoms with Gasteiger partial charge in [-0.2, -0.15) is 0 Å². The topological polar surface area (TPSA) is 66.8 Å². The molecule has 17 heavy (non-hydrogen) atoms. The van der Waals surface area contributed by atoms with Crippen molar-refractivity contribution < 1.29 is 19.4 Å². The molecule has 1 fully saturated rings. The van der Waals surface area contributed by atoms with Crippen molar-refractivity contribution in [2.75, 3.05) is 6.54 Å². The molecule has 1 saturated carbocycles. The molecule has 1 aliphatic rings. The van der Waals surface area contributed by atoms with Gasteiger partial charge in [-0.15, -0.1) is 0 Å². The Bertz CT molecular complexity index is 414. The Kier molecular flexibility index (Phi) is 3.27. The van der Waals surface area contributed by atoms with Crippen molar-refractivity contribution in [3.8, 4) is 5.75 Å². The van der Waals surface area contributed by atoms with E-state index in [0.29, 0.717) is 5.75 Å². The number of hydrogen-bond acceptors (Lipinski definition) is 3. The maximum atomic E-state index is 11.8. The van der Waals surface area contributed by atoms with Gasteiger partial charge in [0, 0.05) is 6.04 Å². The number of carboxylic acids is 1. The first-order valence-corrected chi connectivity index (χ1v) is 5.42. The SMILES string of the molecule is O=C(O)CN(C(=O)Oc1ccccc1)C1CC1. The van der Waals surface area contributed by atoms with Gasteiger partial charge in [0.1, 0.15) is 12.3 Å². The zero-order chi connectivity index (χ0) is 12.3. The van der Waals surface area contributed by atoms with Crippen LogP contribution in [0.25, 0.3) is 0 Å². The molecule has 0 saturated heterocycles. The predicted octanol–water partition coefficient (Wildman–Crippen LogP) is 1.73. The number of carbonyl (C=O) groups is 2. The number of nitrogens with zero attached hydrogens (tertiary/aromatic N) is 1. The molecule has 1 aliphatic carbocycles. The van der Waals surface area contributed by atoms with Crippen molar-refractivity contribution in [3.05, 3.63) is 30.3 Å². The second kappa shape index (κ2) is 4.86. The molecule has 1 aromatic carbocycles. The van der Waals surface area contributed by atoms with E-state index in [1.165, 1.54) is 4.90 Å². The Balaban J connectivity index is 1.99. The van der Waals surface area contributed by atoms with Crippen LogP contribution in [-0.2, 0) is 4.79 Å². The highest BCUT2D eigenvalue weighted by Crippen LogP contribution is 2.27. The van der Waals surface area contributed by atoms with Crippen LogP contribution in [0.3, 0.4) is 0 Å². The molecule has 0 bridgehead atoms. The number of hydrogen-bond donors (Lipinski definition) is 1. The zero-order valence-corrected chi connectivity index (χ0v) is 9.20. The van der Waals surface area contributed by atoms with Crippen LogP contribution in [0.2, 0.25) is 0 Å². The Labute approximate surface area is 98.6 Å². The first-order chi connectivity index (χ1) is 8.16. The first kappa shape index (κ1) is 11.4. The number of benzene rings is 1. The molecule has 0 unspecified atom stereocenters. The van der Waals surface area contributed by atoms with E-state index in [1.54, 1.807) is 24.3 Å². The van der Waals surface area contributed by atoms with Gasteiger partial charge in [0.2, 0.25) is 0 Å². The smallest absolute Gasteiger partial charge is 0.416 e. The second-order valence-electron chi connectivity index (χ2n) is 3.93. The van der Waals surface area contributed by atoms with Crippen LogP contribution in [0.4, 0.5) is 4.79 Å². The lowest BCUT2D eigenvalue weighted by Crippen LogP contribution is -2.39. The van der Waals surface area contributed by atoms with Gasteiger partial charge in [-0.1, -0.05) is 18.2 Å². The van der Waals surface area contributed by atoms with Gasteiger partial charge in [0.25, 0.3) is 0 Å². The van der Waals surface area contributed by atoms with E-state index in [4.69, 9.17) is 9.84 Å². The zero-order valence-electron chi connectivity index (χ0n) is 9.20. The second-order valence-corrected chi connectivity index (χ2v) is 3.93. The molecule has 1 N–H and O–H groups in total. The van der Waals surface area contributed by atoms with Crippen molar-refractivity contribution >= 4 is 12.1 Å². The molecule has 0 aromatic heterocycles. The maximum Gasteiger partial charge on any atom is 0.416 e. The fourth-order valence-corrected chi connectivity index (χ4v) is 1.52. The lowest BCUT2D eigenvalue weighted by molar-refractivity contribution is -0.138. The number of aliphatic carboxylic acids is 1. The summed E-state index contributed by atoms with van der Waals surface area (Å²) in [5.74, 6) is -0.601. The van der Waals surface area contributed by atoms with E-state index in [-0.39, 0.29) is 12.6 Å². The van der Waals surface area contributed by atoms with Gasteiger partial charge in [-0.05, 0) is 25.0 Å². The molecular weight excluding hydrogens is 222 g/mol. The minimum Gasteiger partial charge on any atom is -0.480 e. The summed E-state index contributed by atoms with van der Waals surface area (Å²) in [4.78, 5) is 23.7. The molecule has 2 rings (SSSR count). The summed E-state index contributed by atoms with van der Waals surface area (Å²) in [5.41, 5.74) is 0. The van der Waals surface area contributed by atoms with Gasteiger partial charge in [-0.25, -0.2) is 4.79 Å². The summed E-state index contributed by atoms with van der Waals surface area (Å²) in [6, 6.07) is 8.64. The van der Waals surface area contributed by atoms with Crippen LogP contribution >= 0.6 is 0 Å². The fraction of sp³-hybridized carbons (Fsp3) is 0.333. The van der Waals surface area contributed by atoms with E-state index < -0.39 is 12.1 Å². The lowest BCUT2D eigenvalue weighted by Gasteiger charge is -2.19. The number of ether oxygens (including phenoxy) is 1. The number of rotatable bonds is 4. The average Bonchev–Trinajstić information content (AvgIpc) is 3.10. The van der Waals surface area contributed by atoms with Crippen LogP contribution in [0.5, 0.6) is 5.75 Å². The van der Waals surface area contributed by atoms with E-state index in [9.17, 15) is 9.59 Å². The maximum absolute atomic E-state index is 11.8. The third-order valence-electron chi connectivity index (χ3n) is 2.48. The van der Waals surface area contributed by atoms with Crippen LogP contribution in [0, 0.1) is 0 Å². The molecule has 5 heteroatoms. The Morgan fingerprint density at radius 1 is 1.29 bits per heavy atom. The van der Waals surface area contributed by atoms with Crippen LogP contribution in [-0.4, -0.2) is 34.7 Å². The minimum absolute atomic E-state index is 0.0160. The van der Waals surface area contributed by atoms with Crippen LogP contribution in [0.15, 0.2) is 30.3 Å². The van der Waals surface area contributed by atoms with Gasteiger partial charge < -0.3 is 9.84 Å². The van der Waals surface area contributed by atoms with Crippen molar-refractivity contribution in [3.63, 3.8) is 0 Å². The van der Waals surface area contributed by atoms with Crippen molar-refractivity contribution in [1.29, 1.82) is 0 Å². The Morgan fingerprint density at radius 3 is 2.47 bits per heavy atom. The Hall–Kier alpha value is -2.04. The lowest BCUT2D eigenvalue weighted by atomic mass is 10.3. The largest absolute Gasteiger partial charge is 0.480 e. The van der Waals surface area contributed by atoms with E-state index in [0.717, 1.165) is 12.8 Å². The molecule has 0 atom stereocenters. The number of amides is 1. The summed E-state index contributed by atoms with van der Waals surface area (Å²) in [6.45, 7) is -0.309. The molecule has 0 aliphatic heterocycles. The highest BCUT2D eigenvalue weighted by molar-refractivity contribution is 5.78. The van der Waals surface area contributed by atoms with Crippen molar-refractivity contribution in [2.45, 2.75) is 18.9 Å². The molecule has 1 amide bonds. The number of para-hydroxylation sites is 1. The predicted molar refractivity (Wildman–Crippen MR) is 59.8 cm³/mol. The summed E-state index contributed by atoms with van der Waals surface area (Å²) < 4.78 is 5.10. The molecule has 0 heterocycles. The van der Waals surface area contributed by atoms with E-state index in [2.05, 4.69) is 0 Å². The molecular formula is C12H13NO4. The Morgan fingerprint density at radius 2 is 1.94 bits per heavy atom. The van der Waals surface area contributed by atoms with Gasteiger partial charge in [0.05, 0.1) is 0 Å². The van der Waals surface area contributed by atoms with Crippen LogP contribution in [0.1, 0.15) is 12.8 Å². The van der Waals surface area contributed by atoms with Gasteiger partial charge in [0.15, 0.2) is 0 Å². The van der Waals surface area contributed by atoms with Gasteiger partial charge >= 0.3 is 12.1 Å². The molecule has 90 valence electrons. The van der Waals surface area contributed by atoms with Crippen LogP contribution < -0.4 is 4.74 Å². The molecule has 0 radical (unpaired) electrons. The molecule has 1 aromatic rings. The summed E-state index contributed by atoms with van der Waals surface area (Å²) in [6.07, 6.45) is 1.09. The quantitative estimate of drug-likeness (QED) is 0.863. The highest BCUT2D eigenvalue weighted by Gasteiger charge is 2.35. The summed E-state index contributed by atoms with van der Waals surface area (Å²) in [7, 11) is 0.